The van der Waals surface area contributed by atoms with Crippen LogP contribution in [0.15, 0.2) is 36.8 Å². The van der Waals surface area contributed by atoms with E-state index in [1.54, 1.807) is 6.26 Å². The molecule has 0 atom stereocenters. The van der Waals surface area contributed by atoms with Crippen molar-refractivity contribution in [1.82, 2.24) is 0 Å². The highest BCUT2D eigenvalue weighted by Gasteiger charge is 2.00. The van der Waals surface area contributed by atoms with Crippen molar-refractivity contribution in [2.24, 2.45) is 5.92 Å². The first-order valence-electron chi connectivity index (χ1n) is 8.79. The fourth-order valence-electron chi connectivity index (χ4n) is 2.04. The molecule has 0 radical (unpaired) electrons. The van der Waals surface area contributed by atoms with Crippen LogP contribution in [0.4, 0.5) is 0 Å². The number of hydrogen-bond donors (Lipinski definition) is 0. The lowest BCUT2D eigenvalue weighted by atomic mass is 10.0. The zero-order valence-electron chi connectivity index (χ0n) is 15.8. The average Bonchev–Trinajstić information content (AvgIpc) is 2.57. The van der Waals surface area contributed by atoms with Crippen molar-refractivity contribution in [3.63, 3.8) is 0 Å². The van der Waals surface area contributed by atoms with Crippen molar-refractivity contribution in [2.75, 3.05) is 26.4 Å². The Morgan fingerprint density at radius 3 is 1.92 bits per heavy atom. The summed E-state index contributed by atoms with van der Waals surface area (Å²) in [7, 11) is 0. The minimum atomic E-state index is 0.539. The second-order valence-electron chi connectivity index (χ2n) is 6.39. The van der Waals surface area contributed by atoms with Gasteiger partial charge in [-0.25, -0.2) is 0 Å². The number of ether oxygens (including phenoxy) is 3. The lowest BCUT2D eigenvalue weighted by Crippen LogP contribution is -2.02. The van der Waals surface area contributed by atoms with E-state index < -0.39 is 0 Å². The van der Waals surface area contributed by atoms with Crippen LogP contribution in [-0.2, 0) is 14.2 Å². The van der Waals surface area contributed by atoms with Gasteiger partial charge in [-0.15, -0.1) is 0 Å². The Morgan fingerprint density at radius 2 is 1.42 bits per heavy atom. The van der Waals surface area contributed by atoms with Crippen LogP contribution in [0.2, 0.25) is 0 Å². The van der Waals surface area contributed by atoms with Crippen LogP contribution in [0.1, 0.15) is 52.2 Å². The molecule has 24 heavy (non-hydrogen) atoms. The topological polar surface area (TPSA) is 27.7 Å². The maximum Gasteiger partial charge on any atom is 0.111 e. The molecular formula is C21H32O3. The first kappa shape index (κ1) is 20.3. The van der Waals surface area contributed by atoms with Crippen molar-refractivity contribution in [3.05, 3.63) is 47.9 Å². The van der Waals surface area contributed by atoms with Crippen LogP contribution in [-0.4, -0.2) is 26.4 Å². The van der Waals surface area contributed by atoms with Crippen molar-refractivity contribution < 1.29 is 14.2 Å². The molecular weight excluding hydrogens is 300 g/mol. The number of hydrogen-bond acceptors (Lipinski definition) is 3. The Balaban J connectivity index is 2.50. The van der Waals surface area contributed by atoms with Gasteiger partial charge in [0.2, 0.25) is 0 Å². The summed E-state index contributed by atoms with van der Waals surface area (Å²) >= 11 is 0. The minimum absolute atomic E-state index is 0.539. The Morgan fingerprint density at radius 1 is 0.875 bits per heavy atom. The van der Waals surface area contributed by atoms with Gasteiger partial charge in [0.15, 0.2) is 0 Å². The van der Waals surface area contributed by atoms with E-state index in [1.165, 1.54) is 5.56 Å². The Labute approximate surface area is 147 Å². The van der Waals surface area contributed by atoms with Crippen LogP contribution in [0.3, 0.4) is 0 Å². The fraction of sp³-hybridized carbons (Fsp3) is 0.524. The summed E-state index contributed by atoms with van der Waals surface area (Å²) < 4.78 is 16.5. The zero-order chi connectivity index (χ0) is 17.8. The molecule has 134 valence electrons. The van der Waals surface area contributed by atoms with Crippen molar-refractivity contribution in [3.8, 4) is 0 Å². The molecule has 0 aliphatic carbocycles. The van der Waals surface area contributed by atoms with Gasteiger partial charge in [0.05, 0.1) is 25.7 Å². The van der Waals surface area contributed by atoms with Gasteiger partial charge >= 0.3 is 0 Å². The summed E-state index contributed by atoms with van der Waals surface area (Å²) in [6, 6.07) is 8.44. The van der Waals surface area contributed by atoms with Gasteiger partial charge in [-0.3, -0.25) is 0 Å². The fourth-order valence-corrected chi connectivity index (χ4v) is 2.04. The van der Waals surface area contributed by atoms with E-state index in [0.717, 1.165) is 36.3 Å². The van der Waals surface area contributed by atoms with Gasteiger partial charge in [0.25, 0.3) is 0 Å². The third kappa shape index (κ3) is 8.21. The highest BCUT2D eigenvalue weighted by molar-refractivity contribution is 5.68. The van der Waals surface area contributed by atoms with Crippen molar-refractivity contribution in [2.45, 2.75) is 41.0 Å². The van der Waals surface area contributed by atoms with Gasteiger partial charge in [0, 0.05) is 6.61 Å². The molecule has 0 fully saturated rings. The SMILES string of the molecule is CCCOCCOC=C(C)c1ccc(C(C)=COCC(C)C)cc1. The van der Waals surface area contributed by atoms with Gasteiger partial charge in [0.1, 0.15) is 6.61 Å². The summed E-state index contributed by atoms with van der Waals surface area (Å²) in [4.78, 5) is 0. The Kier molecular flexibility index (Phi) is 9.94. The Hall–Kier alpha value is -1.74. The third-order valence-corrected chi connectivity index (χ3v) is 3.44. The smallest absolute Gasteiger partial charge is 0.111 e. The highest BCUT2D eigenvalue weighted by atomic mass is 16.5. The van der Waals surface area contributed by atoms with E-state index in [9.17, 15) is 0 Å². The molecule has 3 heteroatoms. The third-order valence-electron chi connectivity index (χ3n) is 3.44. The number of benzene rings is 1. The van der Waals surface area contributed by atoms with Crippen molar-refractivity contribution >= 4 is 11.1 Å². The summed E-state index contributed by atoms with van der Waals surface area (Å²) in [6.07, 6.45) is 4.69. The van der Waals surface area contributed by atoms with E-state index in [4.69, 9.17) is 14.2 Å². The molecule has 0 spiro atoms. The molecule has 0 bridgehead atoms. The van der Waals surface area contributed by atoms with E-state index >= 15 is 0 Å². The number of rotatable bonds is 11. The summed E-state index contributed by atoms with van der Waals surface area (Å²) in [5.41, 5.74) is 4.57. The first-order valence-corrected chi connectivity index (χ1v) is 8.79. The number of allylic oxidation sites excluding steroid dienone is 2. The van der Waals surface area contributed by atoms with Gasteiger partial charge < -0.3 is 14.2 Å². The lowest BCUT2D eigenvalue weighted by Gasteiger charge is -2.08. The monoisotopic (exact) mass is 332 g/mol. The molecule has 1 aromatic carbocycles. The molecule has 0 saturated heterocycles. The predicted molar refractivity (Wildman–Crippen MR) is 102 cm³/mol. The summed E-state index contributed by atoms with van der Waals surface area (Å²) in [6.45, 7) is 13.3. The van der Waals surface area contributed by atoms with Crippen LogP contribution >= 0.6 is 0 Å². The molecule has 1 aromatic rings. The molecule has 0 aliphatic heterocycles. The molecule has 0 aliphatic rings. The molecule has 0 N–H and O–H groups in total. The molecule has 0 heterocycles. The first-order chi connectivity index (χ1) is 11.5. The molecule has 1 rings (SSSR count). The van der Waals surface area contributed by atoms with Crippen LogP contribution < -0.4 is 0 Å². The molecule has 3 nitrogen and oxygen atoms in total. The Bertz CT molecular complexity index is 512. The van der Waals surface area contributed by atoms with Crippen molar-refractivity contribution in [1.29, 1.82) is 0 Å². The van der Waals surface area contributed by atoms with E-state index in [1.807, 2.05) is 6.26 Å². The van der Waals surface area contributed by atoms with E-state index in [-0.39, 0.29) is 0 Å². The normalized spacial score (nSPS) is 12.6. The predicted octanol–water partition coefficient (Wildman–Crippen LogP) is 5.52. The highest BCUT2D eigenvalue weighted by Crippen LogP contribution is 2.19. The van der Waals surface area contributed by atoms with Crippen LogP contribution in [0.5, 0.6) is 0 Å². The van der Waals surface area contributed by atoms with E-state index in [0.29, 0.717) is 19.1 Å². The quantitative estimate of drug-likeness (QED) is 0.394. The molecule has 0 aromatic heterocycles. The maximum absolute atomic E-state index is 5.58. The molecule has 0 amide bonds. The summed E-state index contributed by atoms with van der Waals surface area (Å²) in [5, 5.41) is 0. The van der Waals surface area contributed by atoms with Crippen LogP contribution in [0.25, 0.3) is 11.1 Å². The largest absolute Gasteiger partial charge is 0.501 e. The van der Waals surface area contributed by atoms with Gasteiger partial charge in [-0.1, -0.05) is 45.0 Å². The summed E-state index contributed by atoms with van der Waals surface area (Å²) in [5.74, 6) is 0.539. The standard InChI is InChI=1S/C21H32O3/c1-6-11-22-12-13-23-15-18(4)20-7-9-21(10-8-20)19(5)16-24-14-17(2)3/h7-10,15-17H,6,11-14H2,1-5H3. The van der Waals surface area contributed by atoms with Gasteiger partial charge in [-0.05, 0) is 48.5 Å². The average molecular weight is 332 g/mol. The molecule has 0 saturated carbocycles. The lowest BCUT2D eigenvalue weighted by molar-refractivity contribution is 0.0856. The van der Waals surface area contributed by atoms with Crippen LogP contribution in [0, 0.1) is 5.92 Å². The minimum Gasteiger partial charge on any atom is -0.501 e. The van der Waals surface area contributed by atoms with E-state index in [2.05, 4.69) is 58.9 Å². The zero-order valence-corrected chi connectivity index (χ0v) is 15.8. The van der Waals surface area contributed by atoms with Gasteiger partial charge in [-0.2, -0.15) is 0 Å². The maximum atomic E-state index is 5.58. The second-order valence-corrected chi connectivity index (χ2v) is 6.39. The molecule has 0 unspecified atom stereocenters. The second kappa shape index (κ2) is 11.7.